The molecule has 0 aliphatic carbocycles. The molecule has 166 valence electrons. The number of sulfonamides is 1. The molecule has 32 heavy (non-hydrogen) atoms. The maximum atomic E-state index is 13.4. The first-order valence-electron chi connectivity index (χ1n) is 9.80. The van der Waals surface area contributed by atoms with E-state index in [0.717, 1.165) is 15.4 Å². The van der Waals surface area contributed by atoms with Gasteiger partial charge in [0.2, 0.25) is 5.91 Å². The Labute approximate surface area is 186 Å². The van der Waals surface area contributed by atoms with Crippen molar-refractivity contribution in [3.05, 3.63) is 93.5 Å². The molecule has 0 saturated carbocycles. The van der Waals surface area contributed by atoms with Gasteiger partial charge in [-0.1, -0.05) is 30.3 Å². The number of hydrogen-bond donors (Lipinski definition) is 1. The van der Waals surface area contributed by atoms with E-state index in [1.165, 1.54) is 37.3 Å². The summed E-state index contributed by atoms with van der Waals surface area (Å²) >= 11 is 0. The van der Waals surface area contributed by atoms with Crippen LogP contribution in [0.1, 0.15) is 16.7 Å². The van der Waals surface area contributed by atoms with Crippen molar-refractivity contribution in [3.8, 4) is 0 Å². The summed E-state index contributed by atoms with van der Waals surface area (Å²) in [4.78, 5) is 23.6. The number of rotatable bonds is 7. The molecular formula is C23H23N3O5S. The van der Waals surface area contributed by atoms with E-state index >= 15 is 0 Å². The average molecular weight is 454 g/mol. The van der Waals surface area contributed by atoms with Crippen molar-refractivity contribution in [2.75, 3.05) is 16.2 Å². The van der Waals surface area contributed by atoms with Crippen LogP contribution in [0.2, 0.25) is 0 Å². The zero-order chi connectivity index (χ0) is 23.5. The number of amides is 1. The Balaban J connectivity index is 1.98. The molecule has 3 aromatic carbocycles. The fourth-order valence-corrected chi connectivity index (χ4v) is 4.63. The van der Waals surface area contributed by atoms with Crippen LogP contribution >= 0.6 is 0 Å². The molecular weight excluding hydrogens is 430 g/mol. The van der Waals surface area contributed by atoms with Crippen molar-refractivity contribution in [3.63, 3.8) is 0 Å². The molecule has 0 aliphatic rings. The van der Waals surface area contributed by atoms with E-state index in [0.29, 0.717) is 5.69 Å². The lowest BCUT2D eigenvalue weighted by atomic mass is 10.1. The summed E-state index contributed by atoms with van der Waals surface area (Å²) in [5.41, 5.74) is 2.62. The molecule has 0 spiro atoms. The van der Waals surface area contributed by atoms with Gasteiger partial charge < -0.3 is 5.32 Å². The van der Waals surface area contributed by atoms with Gasteiger partial charge in [-0.05, 0) is 62.2 Å². The molecule has 3 aromatic rings. The molecule has 3 rings (SSSR count). The standard InChI is InChI=1S/C23H23N3O5S/c1-16-12-13-19(14-17(16)2)25(32(30,31)20-8-5-4-6-9-20)15-23(27)24-21-10-7-11-22(18(21)3)26(28)29/h4-14H,15H2,1-3H3,(H,24,27). The topological polar surface area (TPSA) is 110 Å². The Morgan fingerprint density at radius 3 is 2.28 bits per heavy atom. The zero-order valence-corrected chi connectivity index (χ0v) is 18.7. The van der Waals surface area contributed by atoms with Crippen LogP contribution in [0.5, 0.6) is 0 Å². The fourth-order valence-electron chi connectivity index (χ4n) is 3.19. The van der Waals surface area contributed by atoms with E-state index in [-0.39, 0.29) is 21.8 Å². The van der Waals surface area contributed by atoms with Gasteiger partial charge in [0, 0.05) is 6.07 Å². The second kappa shape index (κ2) is 9.19. The highest BCUT2D eigenvalue weighted by Gasteiger charge is 2.28. The summed E-state index contributed by atoms with van der Waals surface area (Å²) in [6, 6.07) is 17.3. The lowest BCUT2D eigenvalue weighted by molar-refractivity contribution is -0.385. The number of nitrogens with one attached hydrogen (secondary N) is 1. The van der Waals surface area contributed by atoms with Crippen LogP contribution < -0.4 is 9.62 Å². The van der Waals surface area contributed by atoms with Crippen LogP contribution in [-0.4, -0.2) is 25.8 Å². The Morgan fingerprint density at radius 2 is 1.66 bits per heavy atom. The highest BCUT2D eigenvalue weighted by atomic mass is 32.2. The van der Waals surface area contributed by atoms with Crippen LogP contribution in [0.3, 0.4) is 0 Å². The Kier molecular flexibility index (Phi) is 6.59. The predicted molar refractivity (Wildman–Crippen MR) is 123 cm³/mol. The smallest absolute Gasteiger partial charge is 0.274 e. The van der Waals surface area contributed by atoms with Gasteiger partial charge in [0.05, 0.1) is 26.8 Å². The molecule has 0 bridgehead atoms. The number of aryl methyl sites for hydroxylation is 2. The second-order valence-corrected chi connectivity index (χ2v) is 9.21. The molecule has 0 unspecified atom stereocenters. The second-order valence-electron chi connectivity index (χ2n) is 7.35. The van der Waals surface area contributed by atoms with E-state index in [9.17, 15) is 23.3 Å². The largest absolute Gasteiger partial charge is 0.324 e. The summed E-state index contributed by atoms with van der Waals surface area (Å²) in [7, 11) is -4.04. The number of carbonyl (C=O) groups is 1. The predicted octanol–water partition coefficient (Wildman–Crippen LogP) is 4.35. The third-order valence-electron chi connectivity index (χ3n) is 5.17. The minimum Gasteiger partial charge on any atom is -0.324 e. The third-order valence-corrected chi connectivity index (χ3v) is 6.96. The first-order valence-corrected chi connectivity index (χ1v) is 11.2. The van der Waals surface area contributed by atoms with E-state index in [1.54, 1.807) is 36.4 Å². The average Bonchev–Trinajstić information content (AvgIpc) is 2.76. The van der Waals surface area contributed by atoms with E-state index in [2.05, 4.69) is 5.32 Å². The Morgan fingerprint density at radius 1 is 0.969 bits per heavy atom. The summed E-state index contributed by atoms with van der Waals surface area (Å²) in [6.45, 7) is 4.79. The molecule has 0 radical (unpaired) electrons. The Hall–Kier alpha value is -3.72. The van der Waals surface area contributed by atoms with E-state index in [1.807, 2.05) is 13.8 Å². The number of anilines is 2. The van der Waals surface area contributed by atoms with Crippen LogP contribution in [0.15, 0.2) is 71.6 Å². The van der Waals surface area contributed by atoms with Gasteiger partial charge in [-0.25, -0.2) is 8.42 Å². The molecule has 0 aliphatic heterocycles. The van der Waals surface area contributed by atoms with Gasteiger partial charge >= 0.3 is 0 Å². The minimum atomic E-state index is -4.04. The van der Waals surface area contributed by atoms with Crippen molar-refractivity contribution in [2.24, 2.45) is 0 Å². The summed E-state index contributed by atoms with van der Waals surface area (Å²) in [5, 5.41) is 13.8. The molecule has 1 N–H and O–H groups in total. The van der Waals surface area contributed by atoms with Gasteiger partial charge in [-0.15, -0.1) is 0 Å². The molecule has 8 nitrogen and oxygen atoms in total. The fraction of sp³-hybridized carbons (Fsp3) is 0.174. The molecule has 0 saturated heterocycles. The monoisotopic (exact) mass is 453 g/mol. The Bertz CT molecular complexity index is 1270. The number of hydrogen-bond acceptors (Lipinski definition) is 5. The number of nitro groups is 1. The van der Waals surface area contributed by atoms with Crippen molar-refractivity contribution >= 4 is 33.0 Å². The minimum absolute atomic E-state index is 0.0533. The zero-order valence-electron chi connectivity index (χ0n) is 17.9. The molecule has 0 aromatic heterocycles. The first-order chi connectivity index (χ1) is 15.1. The third kappa shape index (κ3) is 4.78. The van der Waals surface area contributed by atoms with Crippen molar-refractivity contribution in [2.45, 2.75) is 25.7 Å². The molecule has 1 amide bonds. The SMILES string of the molecule is Cc1ccc(N(CC(=O)Nc2cccc([N+](=O)[O-])c2C)S(=O)(=O)c2ccccc2)cc1C. The number of benzene rings is 3. The summed E-state index contributed by atoms with van der Waals surface area (Å²) in [6.07, 6.45) is 0. The normalized spacial score (nSPS) is 11.1. The van der Waals surface area contributed by atoms with E-state index < -0.39 is 27.4 Å². The van der Waals surface area contributed by atoms with Crippen LogP contribution in [0.4, 0.5) is 17.1 Å². The van der Waals surface area contributed by atoms with Crippen LogP contribution in [-0.2, 0) is 14.8 Å². The number of nitro benzene ring substituents is 1. The summed E-state index contributed by atoms with van der Waals surface area (Å²) in [5.74, 6) is -0.619. The van der Waals surface area contributed by atoms with Crippen molar-refractivity contribution in [1.82, 2.24) is 0 Å². The molecule has 0 fully saturated rings. The highest BCUT2D eigenvalue weighted by Crippen LogP contribution is 2.27. The van der Waals surface area contributed by atoms with Gasteiger partial charge in [0.25, 0.3) is 15.7 Å². The number of nitrogens with zero attached hydrogens (tertiary/aromatic N) is 2. The van der Waals surface area contributed by atoms with Crippen molar-refractivity contribution in [1.29, 1.82) is 0 Å². The summed E-state index contributed by atoms with van der Waals surface area (Å²) < 4.78 is 27.8. The maximum Gasteiger partial charge on any atom is 0.274 e. The van der Waals surface area contributed by atoms with E-state index in [4.69, 9.17) is 0 Å². The van der Waals surface area contributed by atoms with Gasteiger partial charge in [0.1, 0.15) is 6.54 Å². The van der Waals surface area contributed by atoms with Crippen molar-refractivity contribution < 1.29 is 18.1 Å². The molecule has 0 atom stereocenters. The van der Waals surface area contributed by atoms with Crippen LogP contribution in [0.25, 0.3) is 0 Å². The van der Waals surface area contributed by atoms with Gasteiger partial charge in [-0.3, -0.25) is 19.2 Å². The molecule has 0 heterocycles. The highest BCUT2D eigenvalue weighted by molar-refractivity contribution is 7.92. The first kappa shape index (κ1) is 23.0. The lowest BCUT2D eigenvalue weighted by Crippen LogP contribution is -2.38. The number of carbonyl (C=O) groups excluding carboxylic acids is 1. The maximum absolute atomic E-state index is 13.4. The van der Waals surface area contributed by atoms with Gasteiger partial charge in [0.15, 0.2) is 0 Å². The van der Waals surface area contributed by atoms with Gasteiger partial charge in [-0.2, -0.15) is 0 Å². The molecule has 9 heteroatoms. The lowest BCUT2D eigenvalue weighted by Gasteiger charge is -2.25. The van der Waals surface area contributed by atoms with Crippen LogP contribution in [0, 0.1) is 30.9 Å². The quantitative estimate of drug-likeness (QED) is 0.422.